The zero-order valence-corrected chi connectivity index (χ0v) is 20.4. The molecule has 180 valence electrons. The third-order valence-corrected chi connectivity index (χ3v) is 8.17. The molecular weight excluding hydrogens is 454 g/mol. The molecule has 0 bridgehead atoms. The zero-order valence-electron chi connectivity index (χ0n) is 19.6. The van der Waals surface area contributed by atoms with Crippen LogP contribution >= 0.6 is 0 Å². The van der Waals surface area contributed by atoms with E-state index in [1.54, 1.807) is 30.0 Å². The second-order valence-electron chi connectivity index (χ2n) is 8.79. The van der Waals surface area contributed by atoms with E-state index in [2.05, 4.69) is 0 Å². The first-order chi connectivity index (χ1) is 16.2. The van der Waals surface area contributed by atoms with Crippen molar-refractivity contribution in [2.75, 3.05) is 18.1 Å². The van der Waals surface area contributed by atoms with Crippen molar-refractivity contribution < 1.29 is 22.4 Å². The molecule has 1 aromatic heterocycles. The van der Waals surface area contributed by atoms with Gasteiger partial charge in [0.25, 0.3) is 5.91 Å². The normalized spacial score (nSPS) is 18.0. The smallest absolute Gasteiger partial charge is 0.261 e. The number of hydrogen-bond donors (Lipinski definition) is 0. The number of amides is 1. The number of benzene rings is 2. The fourth-order valence-corrected chi connectivity index (χ4v) is 6.25. The second-order valence-corrected chi connectivity index (χ2v) is 11.0. The maximum absolute atomic E-state index is 13.1. The number of aryl methyl sites for hydroxylation is 1. The van der Waals surface area contributed by atoms with Crippen molar-refractivity contribution in [1.29, 1.82) is 0 Å². The number of carbonyl (C=O) groups excluding carboxylic acids is 1. The molecule has 0 saturated carbocycles. The summed E-state index contributed by atoms with van der Waals surface area (Å²) in [6, 6.07) is 13.8. The first kappa shape index (κ1) is 24.0. The molecule has 1 aliphatic heterocycles. The van der Waals surface area contributed by atoms with Crippen LogP contribution in [0.15, 0.2) is 57.7 Å². The minimum atomic E-state index is -3.12. The number of fused-ring (bicyclic) bond motifs is 1. The Morgan fingerprint density at radius 3 is 2.59 bits per heavy atom. The van der Waals surface area contributed by atoms with Gasteiger partial charge in [-0.25, -0.2) is 8.42 Å². The van der Waals surface area contributed by atoms with Gasteiger partial charge in [-0.2, -0.15) is 0 Å². The Morgan fingerprint density at radius 2 is 1.94 bits per heavy atom. The summed E-state index contributed by atoms with van der Waals surface area (Å²) in [5, 5.41) is 0.431. The van der Waals surface area contributed by atoms with Gasteiger partial charge in [0.1, 0.15) is 17.1 Å². The van der Waals surface area contributed by atoms with E-state index in [0.717, 1.165) is 5.56 Å². The number of sulfone groups is 1. The van der Waals surface area contributed by atoms with Gasteiger partial charge in [-0.1, -0.05) is 37.3 Å². The molecule has 1 aliphatic rings. The molecule has 8 heteroatoms. The van der Waals surface area contributed by atoms with E-state index in [9.17, 15) is 18.0 Å². The van der Waals surface area contributed by atoms with Crippen molar-refractivity contribution >= 4 is 26.7 Å². The van der Waals surface area contributed by atoms with E-state index < -0.39 is 9.84 Å². The fourth-order valence-electron chi connectivity index (χ4n) is 4.53. The fraction of sp³-hybridized carbons (Fsp3) is 0.385. The van der Waals surface area contributed by atoms with E-state index in [-0.39, 0.29) is 41.5 Å². The summed E-state index contributed by atoms with van der Waals surface area (Å²) in [5.41, 5.74) is 1.57. The molecule has 2 atom stereocenters. The summed E-state index contributed by atoms with van der Waals surface area (Å²) in [7, 11) is -3.12. The first-order valence-corrected chi connectivity index (χ1v) is 13.3. The van der Waals surface area contributed by atoms with Gasteiger partial charge in [-0.05, 0) is 44.4 Å². The van der Waals surface area contributed by atoms with Crippen LogP contribution in [0.4, 0.5) is 0 Å². The maximum Gasteiger partial charge on any atom is 0.261 e. The van der Waals surface area contributed by atoms with E-state index in [1.165, 1.54) is 0 Å². The molecule has 0 unspecified atom stereocenters. The van der Waals surface area contributed by atoms with Crippen molar-refractivity contribution in [1.82, 2.24) is 4.90 Å². The summed E-state index contributed by atoms with van der Waals surface area (Å²) in [5.74, 6) is 0.745. The summed E-state index contributed by atoms with van der Waals surface area (Å²) in [4.78, 5) is 27.8. The second kappa shape index (κ2) is 9.62. The van der Waals surface area contributed by atoms with E-state index >= 15 is 0 Å². The Balaban J connectivity index is 1.55. The average Bonchev–Trinajstić information content (AvgIpc) is 3.17. The molecule has 1 fully saturated rings. The van der Waals surface area contributed by atoms with Gasteiger partial charge in [-0.15, -0.1) is 0 Å². The van der Waals surface area contributed by atoms with Gasteiger partial charge in [0, 0.05) is 18.2 Å². The number of hydrogen-bond acceptors (Lipinski definition) is 6. The van der Waals surface area contributed by atoms with Crippen LogP contribution in [0.1, 0.15) is 32.4 Å². The summed E-state index contributed by atoms with van der Waals surface area (Å²) < 4.78 is 35.6. The van der Waals surface area contributed by atoms with Gasteiger partial charge in [-0.3, -0.25) is 9.59 Å². The molecule has 34 heavy (non-hydrogen) atoms. The molecular formula is C26H29NO6S. The molecule has 0 radical (unpaired) electrons. The first-order valence-electron chi connectivity index (χ1n) is 11.5. The van der Waals surface area contributed by atoms with E-state index in [0.29, 0.717) is 40.9 Å². The highest BCUT2D eigenvalue weighted by molar-refractivity contribution is 7.91. The molecule has 1 saturated heterocycles. The molecule has 0 aliphatic carbocycles. The lowest BCUT2D eigenvalue weighted by Crippen LogP contribution is -2.48. The van der Waals surface area contributed by atoms with Crippen molar-refractivity contribution in [3.63, 3.8) is 0 Å². The van der Waals surface area contributed by atoms with Gasteiger partial charge >= 0.3 is 0 Å². The van der Waals surface area contributed by atoms with Crippen LogP contribution in [0.25, 0.3) is 22.1 Å². The van der Waals surface area contributed by atoms with E-state index in [1.807, 2.05) is 44.2 Å². The summed E-state index contributed by atoms with van der Waals surface area (Å²) in [6.45, 7) is 5.41. The molecule has 2 aromatic carbocycles. The van der Waals surface area contributed by atoms with Crippen LogP contribution in [-0.2, 0) is 14.6 Å². The van der Waals surface area contributed by atoms with Crippen molar-refractivity contribution in [2.45, 2.75) is 45.7 Å². The van der Waals surface area contributed by atoms with Crippen molar-refractivity contribution in [3.05, 3.63) is 64.5 Å². The molecule has 2 heterocycles. The van der Waals surface area contributed by atoms with Crippen LogP contribution in [0.2, 0.25) is 0 Å². The number of nitrogens with zero attached hydrogens (tertiary/aromatic N) is 1. The van der Waals surface area contributed by atoms with Crippen LogP contribution in [-0.4, -0.2) is 49.4 Å². The number of ether oxygens (including phenoxy) is 1. The topological polar surface area (TPSA) is 93.9 Å². The third-order valence-electron chi connectivity index (χ3n) is 6.42. The Hall–Kier alpha value is -3.13. The zero-order chi connectivity index (χ0) is 24.5. The quantitative estimate of drug-likeness (QED) is 0.505. The SMILES string of the molecule is CC[C@@H](C)N(C(=O)COc1ccc2c(=O)c(-c3ccccc3)c(C)oc2c1)[C@H]1CCS(=O)(=O)C1. The largest absolute Gasteiger partial charge is 0.484 e. The Labute approximate surface area is 199 Å². The van der Waals surface area contributed by atoms with Crippen LogP contribution in [0.5, 0.6) is 5.75 Å². The molecule has 0 N–H and O–H groups in total. The molecule has 1 amide bonds. The molecule has 0 spiro atoms. The van der Waals surface area contributed by atoms with E-state index in [4.69, 9.17) is 9.15 Å². The van der Waals surface area contributed by atoms with Crippen LogP contribution in [0, 0.1) is 6.92 Å². The maximum atomic E-state index is 13.1. The van der Waals surface area contributed by atoms with Crippen LogP contribution < -0.4 is 10.2 Å². The highest BCUT2D eigenvalue weighted by atomic mass is 32.2. The lowest BCUT2D eigenvalue weighted by Gasteiger charge is -2.33. The van der Waals surface area contributed by atoms with Gasteiger partial charge < -0.3 is 14.1 Å². The standard InChI is InChI=1S/C26H29NO6S/c1-4-17(2)27(20-12-13-34(30,31)16-20)24(28)15-32-21-10-11-22-23(14-21)33-18(3)25(26(22)29)19-8-6-5-7-9-19/h5-11,14,17,20H,4,12-13,15-16H2,1-3H3/t17-,20+/m1/s1. The Kier molecular flexibility index (Phi) is 6.79. The summed E-state index contributed by atoms with van der Waals surface area (Å²) >= 11 is 0. The average molecular weight is 484 g/mol. The Morgan fingerprint density at radius 1 is 1.21 bits per heavy atom. The summed E-state index contributed by atoms with van der Waals surface area (Å²) in [6.07, 6.45) is 1.16. The minimum absolute atomic E-state index is 0.00671. The molecule has 3 aromatic rings. The third kappa shape index (κ3) is 4.87. The van der Waals surface area contributed by atoms with Crippen LogP contribution in [0.3, 0.4) is 0 Å². The van der Waals surface area contributed by atoms with Gasteiger partial charge in [0.05, 0.1) is 22.5 Å². The molecule has 4 rings (SSSR count). The predicted octanol–water partition coefficient (Wildman–Crippen LogP) is 3.96. The van der Waals surface area contributed by atoms with Crippen molar-refractivity contribution in [3.8, 4) is 16.9 Å². The highest BCUT2D eigenvalue weighted by Crippen LogP contribution is 2.27. The van der Waals surface area contributed by atoms with Gasteiger partial charge in [0.15, 0.2) is 16.4 Å². The highest BCUT2D eigenvalue weighted by Gasteiger charge is 2.36. The number of carbonyl (C=O) groups is 1. The number of rotatable bonds is 7. The van der Waals surface area contributed by atoms with Crippen molar-refractivity contribution in [2.24, 2.45) is 0 Å². The predicted molar refractivity (Wildman–Crippen MR) is 132 cm³/mol. The molecule has 7 nitrogen and oxygen atoms in total. The lowest BCUT2D eigenvalue weighted by atomic mass is 10.0. The lowest BCUT2D eigenvalue weighted by molar-refractivity contribution is -0.137. The monoisotopic (exact) mass is 483 g/mol. The van der Waals surface area contributed by atoms with Gasteiger partial charge in [0.2, 0.25) is 5.43 Å². The Bertz CT molecular complexity index is 1360. The minimum Gasteiger partial charge on any atom is -0.484 e.